The van der Waals surface area contributed by atoms with Gasteiger partial charge in [-0.3, -0.25) is 4.79 Å². The largest absolute Gasteiger partial charge is 0.497 e. The van der Waals surface area contributed by atoms with Crippen LogP contribution in [-0.2, 0) is 0 Å². The Hall–Kier alpha value is -3.20. The maximum Gasteiger partial charge on any atom is 0.254 e. The lowest BCUT2D eigenvalue weighted by molar-refractivity contribution is 0.0746. The number of thiazole rings is 1. The Labute approximate surface area is 184 Å². The van der Waals surface area contributed by atoms with E-state index in [1.54, 1.807) is 58.0 Å². The average molecular weight is 444 g/mol. The lowest BCUT2D eigenvalue weighted by Gasteiger charge is -2.34. The van der Waals surface area contributed by atoms with E-state index < -0.39 is 0 Å². The van der Waals surface area contributed by atoms with Crippen LogP contribution in [0.2, 0.25) is 0 Å². The lowest BCUT2D eigenvalue weighted by Crippen LogP contribution is -2.48. The van der Waals surface area contributed by atoms with E-state index in [0.717, 1.165) is 26.8 Å². The molecule has 2 heterocycles. The van der Waals surface area contributed by atoms with Gasteiger partial charge in [-0.15, -0.1) is 0 Å². The molecule has 9 heteroatoms. The first-order chi connectivity index (χ1) is 15.1. The monoisotopic (exact) mass is 443 g/mol. The Morgan fingerprint density at radius 1 is 0.871 bits per heavy atom. The summed E-state index contributed by atoms with van der Waals surface area (Å²) in [5.74, 6) is 2.65. The number of methoxy groups -OCH3 is 4. The highest BCUT2D eigenvalue weighted by molar-refractivity contribution is 7.22. The zero-order chi connectivity index (χ0) is 22.0. The van der Waals surface area contributed by atoms with Gasteiger partial charge in [0.2, 0.25) is 0 Å². The molecule has 0 aliphatic carbocycles. The maximum atomic E-state index is 13.0. The number of rotatable bonds is 6. The van der Waals surface area contributed by atoms with Crippen molar-refractivity contribution in [3.05, 3.63) is 35.9 Å². The van der Waals surface area contributed by atoms with Gasteiger partial charge in [-0.1, -0.05) is 11.3 Å². The third-order valence-corrected chi connectivity index (χ3v) is 6.47. The fraction of sp³-hybridized carbons (Fsp3) is 0.364. The van der Waals surface area contributed by atoms with Crippen molar-refractivity contribution in [3.8, 4) is 23.0 Å². The van der Waals surface area contributed by atoms with Crippen molar-refractivity contribution in [1.82, 2.24) is 9.88 Å². The fourth-order valence-corrected chi connectivity index (χ4v) is 4.75. The SMILES string of the molecule is COc1cc(OC)cc(C(=O)N2CCN(c3nc4c(OC)ccc(OC)c4s3)CC2)c1. The van der Waals surface area contributed by atoms with E-state index in [-0.39, 0.29) is 5.91 Å². The zero-order valence-electron chi connectivity index (χ0n) is 18.0. The predicted octanol–water partition coefficient (Wildman–Crippen LogP) is 3.29. The number of hydrogen-bond acceptors (Lipinski definition) is 8. The van der Waals surface area contributed by atoms with Crippen molar-refractivity contribution < 1.29 is 23.7 Å². The van der Waals surface area contributed by atoms with Gasteiger partial charge < -0.3 is 28.7 Å². The third kappa shape index (κ3) is 4.05. The molecule has 0 bridgehead atoms. The summed E-state index contributed by atoms with van der Waals surface area (Å²) >= 11 is 1.57. The number of amides is 1. The molecule has 0 atom stereocenters. The minimum Gasteiger partial charge on any atom is -0.497 e. The number of piperazine rings is 1. The van der Waals surface area contributed by atoms with Crippen molar-refractivity contribution in [2.75, 3.05) is 59.5 Å². The molecule has 2 aromatic carbocycles. The molecule has 0 N–H and O–H groups in total. The van der Waals surface area contributed by atoms with Crippen LogP contribution in [0.15, 0.2) is 30.3 Å². The minimum atomic E-state index is -0.0375. The van der Waals surface area contributed by atoms with E-state index in [1.807, 2.05) is 17.0 Å². The summed E-state index contributed by atoms with van der Waals surface area (Å²) in [5, 5.41) is 0.896. The zero-order valence-corrected chi connectivity index (χ0v) is 18.8. The Bertz CT molecular complexity index is 1030. The standard InChI is InChI=1S/C22H25N3O5S/c1-27-15-11-14(12-16(13-15)28-2)21(26)24-7-9-25(10-8-24)22-23-19-17(29-3)5-6-18(30-4)20(19)31-22/h5-6,11-13H,7-10H2,1-4H3. The highest BCUT2D eigenvalue weighted by atomic mass is 32.1. The third-order valence-electron chi connectivity index (χ3n) is 5.33. The van der Waals surface area contributed by atoms with Crippen LogP contribution in [0.1, 0.15) is 10.4 Å². The molecular formula is C22H25N3O5S. The van der Waals surface area contributed by atoms with Crippen LogP contribution in [0.25, 0.3) is 10.2 Å². The molecule has 4 rings (SSSR count). The summed E-state index contributed by atoms with van der Waals surface area (Å²) in [6, 6.07) is 8.99. The van der Waals surface area contributed by atoms with E-state index in [4.69, 9.17) is 23.9 Å². The summed E-state index contributed by atoms with van der Waals surface area (Å²) in [4.78, 5) is 21.9. The van der Waals surface area contributed by atoms with Gasteiger partial charge in [0, 0.05) is 37.8 Å². The second-order valence-corrected chi connectivity index (χ2v) is 8.00. The van der Waals surface area contributed by atoms with Crippen molar-refractivity contribution >= 4 is 32.6 Å². The minimum absolute atomic E-state index is 0.0375. The number of hydrogen-bond donors (Lipinski definition) is 0. The van der Waals surface area contributed by atoms with Gasteiger partial charge in [0.25, 0.3) is 5.91 Å². The van der Waals surface area contributed by atoms with Gasteiger partial charge in [-0.25, -0.2) is 4.98 Å². The van der Waals surface area contributed by atoms with E-state index in [0.29, 0.717) is 43.2 Å². The first-order valence-corrected chi connectivity index (χ1v) is 10.7. The molecule has 1 aromatic heterocycles. The molecule has 0 unspecified atom stereocenters. The van der Waals surface area contributed by atoms with Crippen LogP contribution in [0.4, 0.5) is 5.13 Å². The van der Waals surface area contributed by atoms with Crippen LogP contribution in [-0.4, -0.2) is 70.4 Å². The van der Waals surface area contributed by atoms with Gasteiger partial charge in [0.05, 0.1) is 28.4 Å². The Balaban J connectivity index is 1.51. The smallest absolute Gasteiger partial charge is 0.254 e. The molecule has 8 nitrogen and oxygen atoms in total. The number of aromatic nitrogens is 1. The first-order valence-electron chi connectivity index (χ1n) is 9.86. The second kappa shape index (κ2) is 8.89. The molecule has 31 heavy (non-hydrogen) atoms. The molecule has 1 saturated heterocycles. The number of benzene rings is 2. The highest BCUT2D eigenvalue weighted by Gasteiger charge is 2.25. The van der Waals surface area contributed by atoms with E-state index in [9.17, 15) is 4.79 Å². The van der Waals surface area contributed by atoms with Gasteiger partial charge in [-0.2, -0.15) is 0 Å². The van der Waals surface area contributed by atoms with Gasteiger partial charge in [-0.05, 0) is 24.3 Å². The van der Waals surface area contributed by atoms with Crippen LogP contribution >= 0.6 is 11.3 Å². The molecule has 0 radical (unpaired) electrons. The van der Waals surface area contributed by atoms with E-state index >= 15 is 0 Å². The lowest BCUT2D eigenvalue weighted by atomic mass is 10.1. The predicted molar refractivity (Wildman–Crippen MR) is 120 cm³/mol. The molecule has 3 aromatic rings. The van der Waals surface area contributed by atoms with Crippen LogP contribution in [0.3, 0.4) is 0 Å². The van der Waals surface area contributed by atoms with Crippen molar-refractivity contribution in [1.29, 1.82) is 0 Å². The Kier molecular flexibility index (Phi) is 6.03. The maximum absolute atomic E-state index is 13.0. The topological polar surface area (TPSA) is 73.4 Å². The number of nitrogens with zero attached hydrogens (tertiary/aromatic N) is 3. The second-order valence-electron chi connectivity index (χ2n) is 7.02. The normalized spacial score (nSPS) is 13.9. The van der Waals surface area contributed by atoms with Crippen molar-refractivity contribution in [2.24, 2.45) is 0 Å². The molecular weight excluding hydrogens is 418 g/mol. The van der Waals surface area contributed by atoms with Crippen molar-refractivity contribution in [2.45, 2.75) is 0 Å². The summed E-state index contributed by atoms with van der Waals surface area (Å²) < 4.78 is 22.5. The summed E-state index contributed by atoms with van der Waals surface area (Å²) in [5.41, 5.74) is 1.35. The summed E-state index contributed by atoms with van der Waals surface area (Å²) in [6.45, 7) is 2.58. The number of carbonyl (C=O) groups is 1. The first kappa shape index (κ1) is 21.0. The summed E-state index contributed by atoms with van der Waals surface area (Å²) in [7, 11) is 6.43. The molecule has 1 amide bonds. The van der Waals surface area contributed by atoms with Crippen LogP contribution in [0, 0.1) is 0 Å². The average Bonchev–Trinajstić information content (AvgIpc) is 3.28. The van der Waals surface area contributed by atoms with Crippen LogP contribution < -0.4 is 23.8 Å². The molecule has 1 aliphatic rings. The quantitative estimate of drug-likeness (QED) is 0.579. The number of anilines is 1. The summed E-state index contributed by atoms with van der Waals surface area (Å²) in [6.07, 6.45) is 0. The number of carbonyl (C=O) groups excluding carboxylic acids is 1. The van der Waals surface area contributed by atoms with E-state index in [1.165, 1.54) is 0 Å². The molecule has 164 valence electrons. The molecule has 0 saturated carbocycles. The molecule has 1 aliphatic heterocycles. The Morgan fingerprint density at radius 3 is 2.06 bits per heavy atom. The molecule has 0 spiro atoms. The highest BCUT2D eigenvalue weighted by Crippen LogP contribution is 2.40. The van der Waals surface area contributed by atoms with Gasteiger partial charge in [0.1, 0.15) is 33.2 Å². The molecule has 1 fully saturated rings. The van der Waals surface area contributed by atoms with Crippen LogP contribution in [0.5, 0.6) is 23.0 Å². The fourth-order valence-electron chi connectivity index (χ4n) is 3.62. The number of fused-ring (bicyclic) bond motifs is 1. The Morgan fingerprint density at radius 2 is 1.48 bits per heavy atom. The number of ether oxygens (including phenoxy) is 4. The van der Waals surface area contributed by atoms with Gasteiger partial charge >= 0.3 is 0 Å². The van der Waals surface area contributed by atoms with Crippen molar-refractivity contribution in [3.63, 3.8) is 0 Å². The van der Waals surface area contributed by atoms with Gasteiger partial charge in [0.15, 0.2) is 5.13 Å². The van der Waals surface area contributed by atoms with E-state index in [2.05, 4.69) is 4.90 Å².